The summed E-state index contributed by atoms with van der Waals surface area (Å²) in [5, 5.41) is 2.62. The summed E-state index contributed by atoms with van der Waals surface area (Å²) in [6.07, 6.45) is -0.429. The Balaban J connectivity index is 1.67. The van der Waals surface area contributed by atoms with Gasteiger partial charge in [0.25, 0.3) is 0 Å². The fourth-order valence-corrected chi connectivity index (χ4v) is 3.79. The zero-order valence-corrected chi connectivity index (χ0v) is 16.9. The normalized spacial score (nSPS) is 15.8. The van der Waals surface area contributed by atoms with Gasteiger partial charge >= 0.3 is 10.2 Å². The van der Waals surface area contributed by atoms with Crippen molar-refractivity contribution in [3.8, 4) is 11.5 Å². The molecule has 0 aliphatic carbocycles. The molecule has 156 valence electrons. The highest BCUT2D eigenvalue weighted by molar-refractivity contribution is 7.90. The lowest BCUT2D eigenvalue weighted by Crippen LogP contribution is -2.48. The molecule has 0 bridgehead atoms. The van der Waals surface area contributed by atoms with Crippen molar-refractivity contribution in [1.29, 1.82) is 0 Å². The average molecular weight is 423 g/mol. The maximum absolute atomic E-state index is 14.2. The molecule has 1 N–H and O–H groups in total. The molecule has 0 radical (unpaired) electrons. The highest BCUT2D eigenvalue weighted by Crippen LogP contribution is 2.30. The Labute approximate surface area is 169 Å². The van der Waals surface area contributed by atoms with E-state index >= 15 is 0 Å². The average Bonchev–Trinajstić information content (AvgIpc) is 2.70. The summed E-state index contributed by atoms with van der Waals surface area (Å²) in [5.74, 6) is -0.147. The Bertz CT molecular complexity index is 983. The van der Waals surface area contributed by atoms with E-state index in [2.05, 4.69) is 5.32 Å². The van der Waals surface area contributed by atoms with Crippen LogP contribution in [0.4, 0.5) is 10.1 Å². The monoisotopic (exact) mass is 423 g/mol. The topological polar surface area (TPSA) is 88.2 Å². The van der Waals surface area contributed by atoms with Crippen LogP contribution >= 0.6 is 0 Å². The van der Waals surface area contributed by atoms with Crippen LogP contribution in [0.5, 0.6) is 11.5 Å². The van der Waals surface area contributed by atoms with Gasteiger partial charge in [0, 0.05) is 14.1 Å². The van der Waals surface area contributed by atoms with E-state index in [4.69, 9.17) is 9.47 Å². The number of carbonyl (C=O) groups is 1. The minimum absolute atomic E-state index is 0.111. The molecule has 0 saturated carbocycles. The molecule has 10 heteroatoms. The first kappa shape index (κ1) is 20.9. The quantitative estimate of drug-likeness (QED) is 0.727. The van der Waals surface area contributed by atoms with Crippen LogP contribution in [0.1, 0.15) is 0 Å². The Morgan fingerprint density at radius 3 is 2.48 bits per heavy atom. The third kappa shape index (κ3) is 4.77. The number of benzene rings is 2. The molecule has 0 spiro atoms. The van der Waals surface area contributed by atoms with Crippen molar-refractivity contribution >= 4 is 21.8 Å². The van der Waals surface area contributed by atoms with E-state index in [0.29, 0.717) is 11.5 Å². The summed E-state index contributed by atoms with van der Waals surface area (Å²) < 4.78 is 52.4. The van der Waals surface area contributed by atoms with Crippen LogP contribution < -0.4 is 19.1 Å². The smallest absolute Gasteiger partial charge is 0.304 e. The Morgan fingerprint density at radius 1 is 1.14 bits per heavy atom. The first-order valence-corrected chi connectivity index (χ1v) is 10.3. The molecule has 1 amide bonds. The number of anilines is 1. The van der Waals surface area contributed by atoms with Gasteiger partial charge in [0.2, 0.25) is 5.91 Å². The Morgan fingerprint density at radius 2 is 1.79 bits per heavy atom. The van der Waals surface area contributed by atoms with Gasteiger partial charge in [-0.2, -0.15) is 12.7 Å². The summed E-state index contributed by atoms with van der Waals surface area (Å²) in [6, 6.07) is 12.6. The van der Waals surface area contributed by atoms with Crippen molar-refractivity contribution in [2.45, 2.75) is 6.10 Å². The van der Waals surface area contributed by atoms with Crippen molar-refractivity contribution in [3.63, 3.8) is 0 Å². The number of fused-ring (bicyclic) bond motifs is 1. The number of hydrogen-bond acceptors (Lipinski definition) is 5. The second-order valence-electron chi connectivity index (χ2n) is 6.55. The largest absolute Gasteiger partial charge is 0.486 e. The number of amides is 1. The van der Waals surface area contributed by atoms with Crippen molar-refractivity contribution in [2.75, 3.05) is 38.1 Å². The molecule has 0 aromatic heterocycles. The number of halogens is 1. The van der Waals surface area contributed by atoms with Gasteiger partial charge in [-0.3, -0.25) is 4.79 Å². The van der Waals surface area contributed by atoms with Gasteiger partial charge in [-0.15, -0.1) is 0 Å². The zero-order valence-electron chi connectivity index (χ0n) is 16.0. The van der Waals surface area contributed by atoms with E-state index in [-0.39, 0.29) is 18.8 Å². The molecule has 8 nitrogen and oxygen atoms in total. The highest BCUT2D eigenvalue weighted by Gasteiger charge is 2.29. The Hall–Kier alpha value is -2.85. The van der Waals surface area contributed by atoms with Gasteiger partial charge < -0.3 is 14.8 Å². The SMILES string of the molecule is CN(C)S(=O)(=O)N(CC(=O)NCC1COc2ccccc2O1)c1ccccc1F. The molecule has 29 heavy (non-hydrogen) atoms. The van der Waals surface area contributed by atoms with Gasteiger partial charge in [-0.05, 0) is 24.3 Å². The lowest BCUT2D eigenvalue weighted by molar-refractivity contribution is -0.120. The van der Waals surface area contributed by atoms with Crippen LogP contribution in [0.3, 0.4) is 0 Å². The van der Waals surface area contributed by atoms with Crippen molar-refractivity contribution in [3.05, 3.63) is 54.3 Å². The highest BCUT2D eigenvalue weighted by atomic mass is 32.2. The molecule has 2 aromatic carbocycles. The van der Waals surface area contributed by atoms with Crippen LogP contribution in [0.25, 0.3) is 0 Å². The van der Waals surface area contributed by atoms with Gasteiger partial charge in [0.05, 0.1) is 12.2 Å². The summed E-state index contributed by atoms with van der Waals surface area (Å²) in [6.45, 7) is -0.226. The number of ether oxygens (including phenoxy) is 2. The maximum Gasteiger partial charge on any atom is 0.304 e. The van der Waals surface area contributed by atoms with E-state index in [1.54, 1.807) is 12.1 Å². The van der Waals surface area contributed by atoms with Crippen molar-refractivity contribution in [2.24, 2.45) is 0 Å². The fourth-order valence-electron chi connectivity index (χ4n) is 2.72. The van der Waals surface area contributed by atoms with Crippen molar-refractivity contribution < 1.29 is 27.1 Å². The summed E-state index contributed by atoms with van der Waals surface area (Å²) in [5.41, 5.74) is -0.206. The lowest BCUT2D eigenvalue weighted by atomic mass is 10.2. The molecular weight excluding hydrogens is 401 g/mol. The third-order valence-electron chi connectivity index (χ3n) is 4.24. The predicted molar refractivity (Wildman–Crippen MR) is 106 cm³/mol. The minimum atomic E-state index is -4.08. The van der Waals surface area contributed by atoms with E-state index in [9.17, 15) is 17.6 Å². The molecule has 1 heterocycles. The minimum Gasteiger partial charge on any atom is -0.486 e. The van der Waals surface area contributed by atoms with Crippen LogP contribution in [0.2, 0.25) is 0 Å². The molecular formula is C19H22FN3O5S. The second-order valence-corrected chi connectivity index (χ2v) is 8.62. The standard InChI is InChI=1S/C19H22FN3O5S/c1-22(2)29(25,26)23(16-8-4-3-7-15(16)20)12-19(24)21-11-14-13-27-17-9-5-6-10-18(17)28-14/h3-10,14H,11-13H2,1-2H3,(H,21,24). The van der Waals surface area contributed by atoms with Crippen LogP contribution in [0.15, 0.2) is 48.5 Å². The molecule has 1 aliphatic heterocycles. The molecule has 0 fully saturated rings. The van der Waals surface area contributed by atoms with Gasteiger partial charge in [0.1, 0.15) is 25.1 Å². The molecule has 2 aromatic rings. The van der Waals surface area contributed by atoms with Crippen LogP contribution in [-0.4, -0.2) is 58.5 Å². The number of carbonyl (C=O) groups excluding carboxylic acids is 1. The number of rotatable bonds is 7. The summed E-state index contributed by atoms with van der Waals surface area (Å²) >= 11 is 0. The molecule has 3 rings (SSSR count). The summed E-state index contributed by atoms with van der Waals surface area (Å²) in [4.78, 5) is 12.4. The first-order chi connectivity index (χ1) is 13.8. The summed E-state index contributed by atoms with van der Waals surface area (Å²) in [7, 11) is -1.46. The second kappa shape index (κ2) is 8.66. The van der Waals surface area contributed by atoms with Gasteiger partial charge in [-0.1, -0.05) is 24.3 Å². The van der Waals surface area contributed by atoms with Crippen LogP contribution in [-0.2, 0) is 15.0 Å². The van der Waals surface area contributed by atoms with Gasteiger partial charge in [0.15, 0.2) is 11.5 Å². The van der Waals surface area contributed by atoms with Gasteiger partial charge in [-0.25, -0.2) is 8.70 Å². The van der Waals surface area contributed by atoms with E-state index in [0.717, 1.165) is 14.7 Å². The number of nitrogens with one attached hydrogen (secondary N) is 1. The molecule has 0 saturated heterocycles. The first-order valence-electron chi connectivity index (χ1n) is 8.89. The fraction of sp³-hybridized carbons (Fsp3) is 0.316. The van der Waals surface area contributed by atoms with Crippen molar-refractivity contribution in [1.82, 2.24) is 9.62 Å². The maximum atomic E-state index is 14.2. The van der Waals surface area contributed by atoms with Crippen LogP contribution in [0, 0.1) is 5.82 Å². The van der Waals surface area contributed by atoms with E-state index in [1.165, 1.54) is 32.3 Å². The number of para-hydroxylation sites is 3. The predicted octanol–water partition coefficient (Wildman–Crippen LogP) is 1.39. The Kier molecular flexibility index (Phi) is 6.23. The number of hydrogen-bond donors (Lipinski definition) is 1. The number of nitrogens with zero attached hydrogens (tertiary/aromatic N) is 2. The molecule has 1 unspecified atom stereocenters. The third-order valence-corrected chi connectivity index (χ3v) is 6.05. The van der Waals surface area contributed by atoms with E-state index < -0.39 is 34.6 Å². The molecule has 1 atom stereocenters. The zero-order chi connectivity index (χ0) is 21.0. The molecule has 1 aliphatic rings. The van der Waals surface area contributed by atoms with E-state index in [1.807, 2.05) is 12.1 Å². The lowest BCUT2D eigenvalue weighted by Gasteiger charge is -2.28.